The lowest BCUT2D eigenvalue weighted by Crippen LogP contribution is -2.64. The lowest BCUT2D eigenvalue weighted by Gasteiger charge is -2.34. The maximum absolute atomic E-state index is 12.4. The van der Waals surface area contributed by atoms with Crippen LogP contribution in [0.3, 0.4) is 0 Å². The largest absolute Gasteiger partial charge is 0.328 e. The molecule has 0 radical (unpaired) electrons. The summed E-state index contributed by atoms with van der Waals surface area (Å²) in [6.45, 7) is 1.89. The maximum Gasteiger partial charge on any atom is 0.328 e. The van der Waals surface area contributed by atoms with Gasteiger partial charge in [-0.3, -0.25) is 30.3 Å². The van der Waals surface area contributed by atoms with Crippen LogP contribution in [0.2, 0.25) is 0 Å². The molecule has 116 valence electrons. The number of rotatable bonds is 5. The molecule has 1 aromatic rings. The average Bonchev–Trinajstić information content (AvgIpc) is 2.47. The van der Waals surface area contributed by atoms with E-state index < -0.39 is 28.2 Å². The third kappa shape index (κ3) is 2.54. The normalized spacial score (nSPS) is 16.9. The van der Waals surface area contributed by atoms with E-state index in [2.05, 4.69) is 10.6 Å². The number of barbiturate groups is 1. The molecule has 0 bridgehead atoms. The molecule has 0 spiro atoms. The Kier molecular flexibility index (Phi) is 4.20. The van der Waals surface area contributed by atoms with Crippen LogP contribution in [0.4, 0.5) is 10.5 Å². The summed E-state index contributed by atoms with van der Waals surface area (Å²) in [5.74, 6) is -1.51. The molecule has 1 aromatic carbocycles. The fraction of sp³-hybridized carbons (Fsp3) is 0.357. The molecule has 0 saturated carbocycles. The molecular formula is C14H15N3O5. The molecule has 22 heavy (non-hydrogen) atoms. The number of nitrogens with one attached hydrogen (secondary N) is 2. The van der Waals surface area contributed by atoms with Crippen LogP contribution in [0.15, 0.2) is 24.3 Å². The summed E-state index contributed by atoms with van der Waals surface area (Å²) >= 11 is 0. The molecule has 1 aliphatic heterocycles. The maximum atomic E-state index is 12.4. The zero-order valence-electron chi connectivity index (χ0n) is 11.9. The molecule has 0 atom stereocenters. The van der Waals surface area contributed by atoms with Crippen molar-refractivity contribution in [2.75, 3.05) is 0 Å². The Balaban J connectivity index is 2.56. The molecule has 0 unspecified atom stereocenters. The second kappa shape index (κ2) is 5.92. The first kappa shape index (κ1) is 15.6. The SMILES string of the molecule is CCCCC1(c2cccc([N+](=O)[O-])c2)C(=O)NC(=O)NC1=O. The number of unbranched alkanes of at least 4 members (excludes halogenated alkanes) is 1. The van der Waals surface area contributed by atoms with Crippen LogP contribution in [0.5, 0.6) is 0 Å². The number of nitrogens with zero attached hydrogens (tertiary/aromatic N) is 1. The van der Waals surface area contributed by atoms with E-state index in [9.17, 15) is 24.5 Å². The summed E-state index contributed by atoms with van der Waals surface area (Å²) in [4.78, 5) is 46.3. The van der Waals surface area contributed by atoms with E-state index in [0.29, 0.717) is 6.42 Å². The number of carbonyl (C=O) groups is 3. The second-order valence-electron chi connectivity index (χ2n) is 5.05. The highest BCUT2D eigenvalue weighted by Crippen LogP contribution is 2.34. The molecule has 2 rings (SSSR count). The molecule has 1 fully saturated rings. The summed E-state index contributed by atoms with van der Waals surface area (Å²) in [5, 5.41) is 15.1. The quantitative estimate of drug-likeness (QED) is 0.484. The Morgan fingerprint density at radius 1 is 1.18 bits per heavy atom. The summed E-state index contributed by atoms with van der Waals surface area (Å²) in [6.07, 6.45) is 1.44. The van der Waals surface area contributed by atoms with Crippen molar-refractivity contribution in [3.8, 4) is 0 Å². The third-order valence-electron chi connectivity index (χ3n) is 3.68. The van der Waals surface area contributed by atoms with E-state index in [1.807, 2.05) is 6.92 Å². The van der Waals surface area contributed by atoms with Crippen LogP contribution in [0, 0.1) is 10.1 Å². The van der Waals surface area contributed by atoms with Crippen LogP contribution in [-0.4, -0.2) is 22.8 Å². The Bertz CT molecular complexity index is 636. The van der Waals surface area contributed by atoms with Crippen molar-refractivity contribution in [3.63, 3.8) is 0 Å². The van der Waals surface area contributed by atoms with E-state index in [1.54, 1.807) is 0 Å². The molecule has 1 aliphatic rings. The van der Waals surface area contributed by atoms with Gasteiger partial charge in [0.1, 0.15) is 0 Å². The van der Waals surface area contributed by atoms with Crippen LogP contribution < -0.4 is 10.6 Å². The van der Waals surface area contributed by atoms with Gasteiger partial charge in [0.15, 0.2) is 5.41 Å². The number of urea groups is 1. The number of benzene rings is 1. The first-order valence-electron chi connectivity index (χ1n) is 6.83. The van der Waals surface area contributed by atoms with E-state index >= 15 is 0 Å². The van der Waals surface area contributed by atoms with Gasteiger partial charge >= 0.3 is 6.03 Å². The van der Waals surface area contributed by atoms with Crippen LogP contribution >= 0.6 is 0 Å². The second-order valence-corrected chi connectivity index (χ2v) is 5.05. The standard InChI is InChI=1S/C14H15N3O5/c1-2-3-7-14(11(18)15-13(20)16-12(14)19)9-5-4-6-10(8-9)17(21)22/h4-6,8H,2-3,7H2,1H3,(H2,15,16,18,19,20). The lowest BCUT2D eigenvalue weighted by atomic mass is 9.73. The first-order valence-corrected chi connectivity index (χ1v) is 6.83. The molecule has 4 amide bonds. The molecule has 1 heterocycles. The van der Waals surface area contributed by atoms with Gasteiger partial charge in [-0.25, -0.2) is 4.79 Å². The fourth-order valence-electron chi connectivity index (χ4n) is 2.51. The smallest absolute Gasteiger partial charge is 0.277 e. The number of hydrogen-bond acceptors (Lipinski definition) is 5. The molecule has 0 aliphatic carbocycles. The summed E-state index contributed by atoms with van der Waals surface area (Å²) in [7, 11) is 0. The monoisotopic (exact) mass is 305 g/mol. The van der Waals surface area contributed by atoms with Gasteiger partial charge in [0.2, 0.25) is 11.8 Å². The topological polar surface area (TPSA) is 118 Å². The zero-order valence-corrected chi connectivity index (χ0v) is 11.9. The van der Waals surface area contributed by atoms with Crippen LogP contribution in [0.25, 0.3) is 0 Å². The number of hydrogen-bond donors (Lipinski definition) is 2. The highest BCUT2D eigenvalue weighted by atomic mass is 16.6. The molecule has 8 heteroatoms. The van der Waals surface area contributed by atoms with Gasteiger partial charge in [0.25, 0.3) is 5.69 Å². The van der Waals surface area contributed by atoms with Gasteiger partial charge in [-0.05, 0) is 12.0 Å². The highest BCUT2D eigenvalue weighted by Gasteiger charge is 2.51. The average molecular weight is 305 g/mol. The lowest BCUT2D eigenvalue weighted by molar-refractivity contribution is -0.384. The number of imide groups is 2. The first-order chi connectivity index (χ1) is 10.4. The minimum Gasteiger partial charge on any atom is -0.277 e. The molecule has 0 aromatic heterocycles. The van der Waals surface area contributed by atoms with Gasteiger partial charge in [0.05, 0.1) is 4.92 Å². The Morgan fingerprint density at radius 2 is 1.82 bits per heavy atom. The van der Waals surface area contributed by atoms with Gasteiger partial charge < -0.3 is 0 Å². The molecular weight excluding hydrogens is 290 g/mol. The predicted octanol–water partition coefficient (Wildman–Crippen LogP) is 1.39. The van der Waals surface area contributed by atoms with E-state index in [1.165, 1.54) is 24.3 Å². The van der Waals surface area contributed by atoms with Crippen molar-refractivity contribution in [1.82, 2.24) is 10.6 Å². The van der Waals surface area contributed by atoms with Crippen LogP contribution in [0.1, 0.15) is 31.7 Å². The van der Waals surface area contributed by atoms with E-state index in [0.717, 1.165) is 6.42 Å². The number of nitro benzene ring substituents is 1. The zero-order chi connectivity index (χ0) is 16.3. The molecule has 8 nitrogen and oxygen atoms in total. The summed E-state index contributed by atoms with van der Waals surface area (Å²) in [6, 6.07) is 4.49. The van der Waals surface area contributed by atoms with Crippen molar-refractivity contribution in [2.45, 2.75) is 31.6 Å². The number of carbonyl (C=O) groups excluding carboxylic acids is 3. The van der Waals surface area contributed by atoms with E-state index in [-0.39, 0.29) is 17.7 Å². The van der Waals surface area contributed by atoms with Crippen molar-refractivity contribution in [2.24, 2.45) is 0 Å². The third-order valence-corrected chi connectivity index (χ3v) is 3.68. The molecule has 2 N–H and O–H groups in total. The number of nitro groups is 1. The van der Waals surface area contributed by atoms with Crippen molar-refractivity contribution < 1.29 is 19.3 Å². The fourth-order valence-corrected chi connectivity index (χ4v) is 2.51. The van der Waals surface area contributed by atoms with Gasteiger partial charge in [-0.2, -0.15) is 0 Å². The highest BCUT2D eigenvalue weighted by molar-refractivity contribution is 6.22. The van der Waals surface area contributed by atoms with Crippen molar-refractivity contribution in [3.05, 3.63) is 39.9 Å². The van der Waals surface area contributed by atoms with E-state index in [4.69, 9.17) is 0 Å². The predicted molar refractivity (Wildman–Crippen MR) is 76.0 cm³/mol. The van der Waals surface area contributed by atoms with Gasteiger partial charge in [-0.15, -0.1) is 0 Å². The summed E-state index contributed by atoms with van der Waals surface area (Å²) in [5.41, 5.74) is -1.64. The molecule has 1 saturated heterocycles. The number of non-ortho nitro benzene ring substituents is 1. The Morgan fingerprint density at radius 3 is 2.36 bits per heavy atom. The number of amides is 4. The van der Waals surface area contributed by atoms with Gasteiger partial charge in [-0.1, -0.05) is 31.9 Å². The van der Waals surface area contributed by atoms with Crippen molar-refractivity contribution >= 4 is 23.5 Å². The van der Waals surface area contributed by atoms with Gasteiger partial charge in [0, 0.05) is 12.1 Å². The Hall–Kier alpha value is -2.77. The van der Waals surface area contributed by atoms with Crippen molar-refractivity contribution in [1.29, 1.82) is 0 Å². The minimum absolute atomic E-state index is 0.162. The van der Waals surface area contributed by atoms with Crippen LogP contribution in [-0.2, 0) is 15.0 Å². The minimum atomic E-state index is -1.63. The Labute approximate surface area is 126 Å². The summed E-state index contributed by atoms with van der Waals surface area (Å²) < 4.78 is 0.